The van der Waals surface area contributed by atoms with E-state index in [1.165, 1.54) is 76.0 Å². The van der Waals surface area contributed by atoms with Crippen LogP contribution in [0, 0.1) is 0 Å². The molecule has 2 N–H and O–H groups in total. The molecule has 0 saturated heterocycles. The van der Waals surface area contributed by atoms with Crippen molar-refractivity contribution in [3.63, 3.8) is 0 Å². The molecule has 0 fully saturated rings. The van der Waals surface area contributed by atoms with Crippen LogP contribution in [0.15, 0.2) is 24.8 Å². The molecule has 1 aliphatic heterocycles. The molecule has 15 nitrogen and oxygen atoms in total. The lowest BCUT2D eigenvalue weighted by molar-refractivity contribution is -0.161. The molecule has 0 saturated carbocycles. The van der Waals surface area contributed by atoms with Crippen LogP contribution in [0.1, 0.15) is 193 Å². The van der Waals surface area contributed by atoms with Crippen LogP contribution in [0.2, 0.25) is 0 Å². The van der Waals surface area contributed by atoms with E-state index in [0.717, 1.165) is 81.9 Å². The molecule has 63 heavy (non-hydrogen) atoms. The normalized spacial score (nSPS) is 13.8. The van der Waals surface area contributed by atoms with E-state index in [1.807, 2.05) is 0 Å². The fourth-order valence-electron chi connectivity index (χ4n) is 6.96. The lowest BCUT2D eigenvalue weighted by Crippen LogP contribution is -2.31. The smallest absolute Gasteiger partial charge is 0.463 e. The molecule has 0 bridgehead atoms. The molecular formula is C47H81N2O13P. The summed E-state index contributed by atoms with van der Waals surface area (Å²) in [5.41, 5.74) is 0. The lowest BCUT2D eigenvalue weighted by atomic mass is 10.0. The summed E-state index contributed by atoms with van der Waals surface area (Å²) in [6.45, 7) is 5.08. The summed E-state index contributed by atoms with van der Waals surface area (Å²) in [5.74, 6) is -2.32. The second-order valence-corrected chi connectivity index (χ2v) is 17.8. The van der Waals surface area contributed by atoms with E-state index in [0.29, 0.717) is 38.7 Å². The van der Waals surface area contributed by atoms with Gasteiger partial charge in [0.15, 0.2) is 6.10 Å². The zero-order valence-corrected chi connectivity index (χ0v) is 39.4. The Balaban J connectivity index is 2.37. The average Bonchev–Trinajstić information content (AvgIpc) is 3.58. The number of carbonyl (C=O) groups is 6. The van der Waals surface area contributed by atoms with Gasteiger partial charge >= 0.3 is 25.7 Å². The predicted molar refractivity (Wildman–Crippen MR) is 242 cm³/mol. The number of nitrogens with one attached hydrogen (secondary N) is 1. The van der Waals surface area contributed by atoms with Gasteiger partial charge in [0.1, 0.15) is 6.61 Å². The van der Waals surface area contributed by atoms with Crippen molar-refractivity contribution >= 4 is 43.5 Å². The van der Waals surface area contributed by atoms with E-state index >= 15 is 0 Å². The third kappa shape index (κ3) is 34.7. The second-order valence-electron chi connectivity index (χ2n) is 16.4. The van der Waals surface area contributed by atoms with Crippen molar-refractivity contribution in [3.05, 3.63) is 24.8 Å². The van der Waals surface area contributed by atoms with E-state index in [1.54, 1.807) is 0 Å². The molecule has 16 heteroatoms. The first-order valence-electron chi connectivity index (χ1n) is 24.0. The third-order valence-corrected chi connectivity index (χ3v) is 11.7. The van der Waals surface area contributed by atoms with Gasteiger partial charge in [0.2, 0.25) is 5.91 Å². The van der Waals surface area contributed by atoms with Gasteiger partial charge in [-0.1, -0.05) is 148 Å². The molecule has 0 radical (unpaired) electrons. The minimum absolute atomic E-state index is 0.0546. The van der Waals surface area contributed by atoms with Crippen LogP contribution in [-0.2, 0) is 56.6 Å². The van der Waals surface area contributed by atoms with Crippen LogP contribution in [0.25, 0.3) is 0 Å². The number of amides is 3. The number of hydrogen-bond donors (Lipinski definition) is 2. The van der Waals surface area contributed by atoms with E-state index in [4.69, 9.17) is 23.3 Å². The molecule has 0 aliphatic carbocycles. The number of hydrogen-bond acceptors (Lipinski definition) is 12. The number of esters is 3. The van der Waals surface area contributed by atoms with Gasteiger partial charge in [-0.2, -0.15) is 0 Å². The second kappa shape index (κ2) is 39.0. The van der Waals surface area contributed by atoms with Crippen molar-refractivity contribution in [1.82, 2.24) is 10.2 Å². The van der Waals surface area contributed by atoms with Gasteiger partial charge in [0.05, 0.1) is 19.8 Å². The van der Waals surface area contributed by atoms with Gasteiger partial charge in [-0.25, -0.2) is 9.36 Å². The Bertz CT molecular complexity index is 1360. The molecule has 0 aromatic heterocycles. The van der Waals surface area contributed by atoms with Crippen molar-refractivity contribution < 1.29 is 61.5 Å². The lowest BCUT2D eigenvalue weighted by Gasteiger charge is -2.20. The standard InChI is InChI=1S/C47H81N2O13P/c1-3-5-6-7-8-9-10-11-12-15-18-21-26-31-46(54)59-39-41(62-47(55)32-27-22-19-16-13-14-17-20-23-29-37-58-45(53)4-2)40-61-63(56,57)60-38-35-48-42(50)30-25-24-28-36-49-43(51)33-34-44(49)52/h4,33-34,41H,2-3,5-32,35-40H2,1H3,(H,48,50)(H,56,57). The van der Waals surface area contributed by atoms with Crippen molar-refractivity contribution in [2.24, 2.45) is 0 Å². The van der Waals surface area contributed by atoms with Gasteiger partial charge < -0.3 is 24.4 Å². The highest BCUT2D eigenvalue weighted by Gasteiger charge is 2.26. The molecule has 3 amide bonds. The Morgan fingerprint density at radius 3 is 1.65 bits per heavy atom. The first kappa shape index (κ1) is 57.6. The quantitative estimate of drug-likeness (QED) is 0.0146. The van der Waals surface area contributed by atoms with Gasteiger partial charge in [0.25, 0.3) is 11.8 Å². The first-order chi connectivity index (χ1) is 30.5. The van der Waals surface area contributed by atoms with Crippen LogP contribution in [0.3, 0.4) is 0 Å². The number of imide groups is 1. The molecule has 2 atom stereocenters. The maximum atomic E-state index is 12.8. The zero-order valence-electron chi connectivity index (χ0n) is 38.5. The van der Waals surface area contributed by atoms with Crippen molar-refractivity contribution in [3.8, 4) is 0 Å². The first-order valence-corrected chi connectivity index (χ1v) is 25.5. The SMILES string of the molecule is C=CC(=O)OCCCCCCCCCCCCC(=O)OC(COC(=O)CCCCCCCCCCCCCCC)COP(=O)(O)OCCNC(=O)CCCCCN1C(=O)C=CC1=O. The Kier molecular flexibility index (Phi) is 35.7. The number of nitrogens with zero attached hydrogens (tertiary/aromatic N) is 1. The van der Waals surface area contributed by atoms with Gasteiger partial charge in [-0.15, -0.1) is 0 Å². The average molecular weight is 913 g/mol. The highest BCUT2D eigenvalue weighted by molar-refractivity contribution is 7.47. The molecular weight excluding hydrogens is 831 g/mol. The predicted octanol–water partition coefficient (Wildman–Crippen LogP) is 9.68. The summed E-state index contributed by atoms with van der Waals surface area (Å²) >= 11 is 0. The van der Waals surface area contributed by atoms with Crippen molar-refractivity contribution in [2.45, 2.75) is 199 Å². The largest absolute Gasteiger partial charge is 0.472 e. The van der Waals surface area contributed by atoms with Gasteiger partial charge in [-0.3, -0.25) is 37.9 Å². The molecule has 0 spiro atoms. The van der Waals surface area contributed by atoms with E-state index in [9.17, 15) is 38.2 Å². The summed E-state index contributed by atoms with van der Waals surface area (Å²) in [6.07, 6.45) is 30.0. The summed E-state index contributed by atoms with van der Waals surface area (Å²) in [5, 5.41) is 2.60. The molecule has 2 unspecified atom stereocenters. The van der Waals surface area contributed by atoms with Crippen LogP contribution in [0.4, 0.5) is 0 Å². The van der Waals surface area contributed by atoms with Crippen LogP contribution in [-0.4, -0.2) is 91.0 Å². The number of phosphoric acid groups is 1. The van der Waals surface area contributed by atoms with E-state index in [2.05, 4.69) is 18.8 Å². The van der Waals surface area contributed by atoms with Crippen molar-refractivity contribution in [1.29, 1.82) is 0 Å². The summed E-state index contributed by atoms with van der Waals surface area (Å²) in [6, 6.07) is 0. The van der Waals surface area contributed by atoms with Crippen LogP contribution < -0.4 is 5.32 Å². The fourth-order valence-corrected chi connectivity index (χ4v) is 7.71. The van der Waals surface area contributed by atoms with E-state index < -0.39 is 32.5 Å². The minimum atomic E-state index is -4.62. The van der Waals surface area contributed by atoms with Crippen LogP contribution in [0.5, 0.6) is 0 Å². The maximum absolute atomic E-state index is 12.8. The highest BCUT2D eigenvalue weighted by Crippen LogP contribution is 2.43. The number of unbranched alkanes of at least 4 members (excludes halogenated alkanes) is 23. The molecule has 1 aliphatic rings. The zero-order chi connectivity index (χ0) is 46.2. The summed E-state index contributed by atoms with van der Waals surface area (Å²) in [4.78, 5) is 83.2. The molecule has 362 valence electrons. The van der Waals surface area contributed by atoms with Crippen molar-refractivity contribution in [2.75, 3.05) is 39.5 Å². The topological polar surface area (TPSA) is 201 Å². The Labute approximate surface area is 377 Å². The van der Waals surface area contributed by atoms with E-state index in [-0.39, 0.29) is 69.3 Å². The van der Waals surface area contributed by atoms with Gasteiger partial charge in [0, 0.05) is 50.6 Å². The monoisotopic (exact) mass is 913 g/mol. The minimum Gasteiger partial charge on any atom is -0.463 e. The molecule has 1 heterocycles. The summed E-state index contributed by atoms with van der Waals surface area (Å²) in [7, 11) is -4.62. The fraction of sp³-hybridized carbons (Fsp3) is 0.787. The summed E-state index contributed by atoms with van der Waals surface area (Å²) < 4.78 is 38.7. The number of phosphoric ester groups is 1. The maximum Gasteiger partial charge on any atom is 0.472 e. The highest BCUT2D eigenvalue weighted by atomic mass is 31.2. The number of carbonyl (C=O) groups excluding carboxylic acids is 6. The Morgan fingerprint density at radius 2 is 1.11 bits per heavy atom. The number of rotatable bonds is 44. The number of ether oxygens (including phenoxy) is 3. The Hall–Kier alpha value is -3.39. The third-order valence-electron chi connectivity index (χ3n) is 10.7. The van der Waals surface area contributed by atoms with Gasteiger partial charge in [-0.05, 0) is 32.1 Å². The molecule has 1 rings (SSSR count). The molecule has 0 aromatic rings. The Morgan fingerprint density at radius 1 is 0.635 bits per heavy atom. The molecule has 0 aromatic carbocycles. The van der Waals surface area contributed by atoms with Crippen LogP contribution >= 0.6 is 7.82 Å².